The third kappa shape index (κ3) is 3.76. The lowest BCUT2D eigenvalue weighted by molar-refractivity contribution is 0.392. The summed E-state index contributed by atoms with van der Waals surface area (Å²) in [5, 5.41) is 10.4. The summed E-state index contributed by atoms with van der Waals surface area (Å²) < 4.78 is 16.5. The van der Waals surface area contributed by atoms with Gasteiger partial charge in [-0.05, 0) is 24.3 Å². The molecule has 0 aliphatic rings. The molecule has 2 N–H and O–H groups in total. The van der Waals surface area contributed by atoms with E-state index in [1.807, 2.05) is 0 Å². The van der Waals surface area contributed by atoms with Crippen molar-refractivity contribution in [2.24, 2.45) is 4.99 Å². The molecule has 0 amide bonds. The van der Waals surface area contributed by atoms with Gasteiger partial charge >= 0.3 is 5.69 Å². The van der Waals surface area contributed by atoms with Crippen molar-refractivity contribution in [3.63, 3.8) is 0 Å². The summed E-state index contributed by atoms with van der Waals surface area (Å²) in [6.45, 7) is -0.0439. The summed E-state index contributed by atoms with van der Waals surface area (Å²) in [5.74, 6) is 0.915. The summed E-state index contributed by atoms with van der Waals surface area (Å²) in [5.41, 5.74) is -1.31. The van der Waals surface area contributed by atoms with Gasteiger partial charge in [0.15, 0.2) is 0 Å². The largest absolute Gasteiger partial charge is 0.497 e. The topological polar surface area (TPSA) is 119 Å². The van der Waals surface area contributed by atoms with E-state index < -0.39 is 17.1 Å². The Morgan fingerprint density at radius 3 is 2.74 bits per heavy atom. The molecular weight excluding hydrogens is 354 g/mol. The standard InChI is InChI=1S/C18H17N3O6/c1-25-11-5-6-15(26-2)14(8-11)19-9-13-16(22)20-18(24)21(17(13)23)10-12-4-3-7-27-12/h3-9,23H,10H2,1-2H3,(H,20,22,24). The first kappa shape index (κ1) is 18.1. The smallest absolute Gasteiger partial charge is 0.331 e. The van der Waals surface area contributed by atoms with Crippen LogP contribution in [0.2, 0.25) is 0 Å². The number of nitrogens with one attached hydrogen (secondary N) is 1. The Kier molecular flexibility index (Phi) is 5.11. The van der Waals surface area contributed by atoms with Gasteiger partial charge in [0.05, 0.1) is 27.0 Å². The van der Waals surface area contributed by atoms with E-state index in [9.17, 15) is 14.7 Å². The van der Waals surface area contributed by atoms with Crippen LogP contribution in [-0.2, 0) is 6.54 Å². The van der Waals surface area contributed by atoms with Crippen LogP contribution in [-0.4, -0.2) is 35.1 Å². The van der Waals surface area contributed by atoms with E-state index in [1.165, 1.54) is 20.5 Å². The van der Waals surface area contributed by atoms with E-state index in [-0.39, 0.29) is 12.1 Å². The van der Waals surface area contributed by atoms with Crippen LogP contribution in [0.3, 0.4) is 0 Å². The van der Waals surface area contributed by atoms with Crippen molar-refractivity contribution in [1.82, 2.24) is 9.55 Å². The zero-order valence-corrected chi connectivity index (χ0v) is 14.6. The van der Waals surface area contributed by atoms with Crippen LogP contribution in [0.15, 0.2) is 55.6 Å². The molecule has 0 fully saturated rings. The lowest BCUT2D eigenvalue weighted by Crippen LogP contribution is -2.32. The van der Waals surface area contributed by atoms with Gasteiger partial charge in [0.1, 0.15) is 28.5 Å². The number of aromatic nitrogens is 2. The average Bonchev–Trinajstić information content (AvgIpc) is 3.18. The first-order valence-corrected chi connectivity index (χ1v) is 7.88. The number of aromatic hydroxyl groups is 1. The number of benzene rings is 1. The maximum atomic E-state index is 12.1. The predicted molar refractivity (Wildman–Crippen MR) is 97.6 cm³/mol. The summed E-state index contributed by atoms with van der Waals surface area (Å²) >= 11 is 0. The predicted octanol–water partition coefficient (Wildman–Crippen LogP) is 1.65. The second kappa shape index (κ2) is 7.65. The lowest BCUT2D eigenvalue weighted by Gasteiger charge is -2.09. The maximum Gasteiger partial charge on any atom is 0.331 e. The van der Waals surface area contributed by atoms with Crippen LogP contribution in [0.1, 0.15) is 11.3 Å². The van der Waals surface area contributed by atoms with E-state index in [0.717, 1.165) is 10.8 Å². The van der Waals surface area contributed by atoms with E-state index in [0.29, 0.717) is 22.9 Å². The fraction of sp³-hybridized carbons (Fsp3) is 0.167. The second-order valence-corrected chi connectivity index (χ2v) is 5.46. The van der Waals surface area contributed by atoms with Gasteiger partial charge in [-0.25, -0.2) is 4.79 Å². The maximum absolute atomic E-state index is 12.1. The van der Waals surface area contributed by atoms with Crippen molar-refractivity contribution in [2.75, 3.05) is 14.2 Å². The molecule has 0 bridgehead atoms. The van der Waals surface area contributed by atoms with E-state index in [1.54, 1.807) is 30.3 Å². The lowest BCUT2D eigenvalue weighted by atomic mass is 10.2. The monoisotopic (exact) mass is 371 g/mol. The van der Waals surface area contributed by atoms with Crippen LogP contribution in [0.4, 0.5) is 5.69 Å². The molecule has 0 atom stereocenters. The molecule has 2 heterocycles. The minimum atomic E-state index is -0.765. The van der Waals surface area contributed by atoms with Gasteiger partial charge in [-0.15, -0.1) is 0 Å². The average molecular weight is 371 g/mol. The second-order valence-electron chi connectivity index (χ2n) is 5.46. The molecule has 0 unspecified atom stereocenters. The molecule has 0 saturated carbocycles. The molecule has 140 valence electrons. The van der Waals surface area contributed by atoms with Crippen LogP contribution >= 0.6 is 0 Å². The fourth-order valence-corrected chi connectivity index (χ4v) is 2.43. The summed E-state index contributed by atoms with van der Waals surface area (Å²) in [6.07, 6.45) is 2.60. The molecule has 0 spiro atoms. The number of hydrogen-bond donors (Lipinski definition) is 2. The molecule has 2 aromatic heterocycles. The Hall–Kier alpha value is -3.75. The summed E-state index contributed by atoms with van der Waals surface area (Å²) in [7, 11) is 2.99. The van der Waals surface area contributed by atoms with Crippen LogP contribution in [0, 0.1) is 0 Å². The molecule has 0 radical (unpaired) electrons. The van der Waals surface area contributed by atoms with E-state index in [4.69, 9.17) is 13.9 Å². The quantitative estimate of drug-likeness (QED) is 0.636. The van der Waals surface area contributed by atoms with Crippen LogP contribution in [0.25, 0.3) is 0 Å². The van der Waals surface area contributed by atoms with Gasteiger partial charge in [0.2, 0.25) is 5.88 Å². The first-order chi connectivity index (χ1) is 13.0. The van der Waals surface area contributed by atoms with Crippen molar-refractivity contribution in [3.05, 3.63) is 68.8 Å². The molecule has 1 aromatic carbocycles. The first-order valence-electron chi connectivity index (χ1n) is 7.88. The third-order valence-electron chi connectivity index (χ3n) is 3.82. The normalized spacial score (nSPS) is 11.0. The minimum Gasteiger partial charge on any atom is -0.497 e. The Balaban J connectivity index is 2.03. The number of aliphatic imine (C=N–C) groups is 1. The zero-order valence-electron chi connectivity index (χ0n) is 14.6. The van der Waals surface area contributed by atoms with Crippen LogP contribution < -0.4 is 20.7 Å². The van der Waals surface area contributed by atoms with Crippen molar-refractivity contribution >= 4 is 11.9 Å². The van der Waals surface area contributed by atoms with Gasteiger partial charge < -0.3 is 19.0 Å². The highest BCUT2D eigenvalue weighted by molar-refractivity contribution is 5.84. The van der Waals surface area contributed by atoms with Crippen molar-refractivity contribution in [2.45, 2.75) is 6.54 Å². The highest BCUT2D eigenvalue weighted by atomic mass is 16.5. The Morgan fingerprint density at radius 2 is 2.07 bits per heavy atom. The molecule has 9 nitrogen and oxygen atoms in total. The Morgan fingerprint density at radius 1 is 1.26 bits per heavy atom. The Bertz CT molecular complexity index is 1080. The van der Waals surface area contributed by atoms with Crippen LogP contribution in [0.5, 0.6) is 17.4 Å². The molecule has 0 aliphatic carbocycles. The van der Waals surface area contributed by atoms with Crippen molar-refractivity contribution < 1.29 is 19.0 Å². The van der Waals surface area contributed by atoms with Gasteiger partial charge in [-0.1, -0.05) is 0 Å². The summed E-state index contributed by atoms with van der Waals surface area (Å²) in [4.78, 5) is 30.5. The SMILES string of the molecule is COc1ccc(OC)c(N=Cc2c(O)n(Cc3ccco3)c(=O)[nH]c2=O)c1. The highest BCUT2D eigenvalue weighted by Crippen LogP contribution is 2.31. The third-order valence-corrected chi connectivity index (χ3v) is 3.82. The molecular formula is C18H17N3O6. The number of hydrogen-bond acceptors (Lipinski definition) is 7. The van der Waals surface area contributed by atoms with Gasteiger partial charge in [-0.2, -0.15) is 0 Å². The van der Waals surface area contributed by atoms with E-state index in [2.05, 4.69) is 9.98 Å². The number of furan rings is 1. The highest BCUT2D eigenvalue weighted by Gasteiger charge is 2.14. The zero-order chi connectivity index (χ0) is 19.4. The number of methoxy groups -OCH3 is 2. The van der Waals surface area contributed by atoms with Crippen molar-refractivity contribution in [3.8, 4) is 17.4 Å². The number of H-pyrrole nitrogens is 1. The van der Waals surface area contributed by atoms with Gasteiger partial charge in [0, 0.05) is 12.3 Å². The van der Waals surface area contributed by atoms with E-state index >= 15 is 0 Å². The molecule has 0 aliphatic heterocycles. The fourth-order valence-electron chi connectivity index (χ4n) is 2.43. The molecule has 9 heteroatoms. The number of ether oxygens (including phenoxy) is 2. The number of aromatic amines is 1. The summed E-state index contributed by atoms with van der Waals surface area (Å²) in [6, 6.07) is 8.27. The number of nitrogens with zero attached hydrogens (tertiary/aromatic N) is 2. The molecule has 27 heavy (non-hydrogen) atoms. The van der Waals surface area contributed by atoms with Crippen molar-refractivity contribution in [1.29, 1.82) is 0 Å². The van der Waals surface area contributed by atoms with Gasteiger partial charge in [-0.3, -0.25) is 19.3 Å². The molecule has 3 rings (SSSR count). The van der Waals surface area contributed by atoms with Gasteiger partial charge in [0.25, 0.3) is 5.56 Å². The molecule has 0 saturated heterocycles. The Labute approximate surface area is 153 Å². The minimum absolute atomic E-state index is 0.0439. The number of rotatable bonds is 6. The molecule has 3 aromatic rings.